The highest BCUT2D eigenvalue weighted by Crippen LogP contribution is 2.19. The van der Waals surface area contributed by atoms with Crippen LogP contribution in [0.3, 0.4) is 0 Å². The number of ether oxygens (including phenoxy) is 1. The van der Waals surface area contributed by atoms with Gasteiger partial charge in [-0.15, -0.1) is 0 Å². The molecular formula is C12H18ClNO5S2. The summed E-state index contributed by atoms with van der Waals surface area (Å²) in [7, 11) is -1.11. The Morgan fingerprint density at radius 3 is 2.38 bits per heavy atom. The molecule has 0 radical (unpaired) electrons. The summed E-state index contributed by atoms with van der Waals surface area (Å²) >= 11 is 0. The van der Waals surface area contributed by atoms with Gasteiger partial charge in [-0.1, -0.05) is 19.4 Å². The van der Waals surface area contributed by atoms with Crippen LogP contribution in [0, 0.1) is 0 Å². The number of sulfonamides is 1. The standard InChI is InChI=1S/C12H18ClNO5S2/c1-3-5-10(9-19-2)14-21(17,18)12-7-4-6-11(8-12)20(13,15)16/h4,6-8,10,14H,3,5,9H2,1-2H3. The first-order chi connectivity index (χ1) is 9.70. The molecule has 1 N–H and O–H groups in total. The SMILES string of the molecule is CCCC(COC)NS(=O)(=O)c1cccc(S(=O)(=O)Cl)c1. The zero-order chi connectivity index (χ0) is 16.1. The molecule has 1 aromatic rings. The average Bonchev–Trinajstić information content (AvgIpc) is 2.38. The fourth-order valence-electron chi connectivity index (χ4n) is 1.81. The molecule has 1 aromatic carbocycles. The largest absolute Gasteiger partial charge is 0.383 e. The maximum absolute atomic E-state index is 12.3. The van der Waals surface area contributed by atoms with Crippen LogP contribution in [0.5, 0.6) is 0 Å². The van der Waals surface area contributed by atoms with Gasteiger partial charge in [0.1, 0.15) is 0 Å². The lowest BCUT2D eigenvalue weighted by atomic mass is 10.2. The summed E-state index contributed by atoms with van der Waals surface area (Å²) in [5, 5.41) is 0. The molecule has 6 nitrogen and oxygen atoms in total. The first kappa shape index (κ1) is 18.4. The first-order valence-corrected chi connectivity index (χ1v) is 10.1. The Balaban J connectivity index is 3.07. The lowest BCUT2D eigenvalue weighted by Crippen LogP contribution is -2.37. The highest BCUT2D eigenvalue weighted by molar-refractivity contribution is 8.13. The number of methoxy groups -OCH3 is 1. The highest BCUT2D eigenvalue weighted by Gasteiger charge is 2.21. The van der Waals surface area contributed by atoms with Crippen molar-refractivity contribution >= 4 is 29.8 Å². The molecule has 1 atom stereocenters. The molecule has 0 saturated carbocycles. The minimum atomic E-state index is -3.98. The third-order valence-electron chi connectivity index (χ3n) is 2.72. The fraction of sp³-hybridized carbons (Fsp3) is 0.500. The molecule has 0 aliphatic carbocycles. The van der Waals surface area contributed by atoms with Crippen LogP contribution in [0.1, 0.15) is 19.8 Å². The van der Waals surface area contributed by atoms with Crippen molar-refractivity contribution in [3.63, 3.8) is 0 Å². The summed E-state index contributed by atoms with van der Waals surface area (Å²) < 4.78 is 54.5. The number of halogens is 1. The monoisotopic (exact) mass is 355 g/mol. The van der Waals surface area contributed by atoms with Crippen LogP contribution in [0.25, 0.3) is 0 Å². The molecule has 0 spiro atoms. The minimum Gasteiger partial charge on any atom is -0.383 e. The van der Waals surface area contributed by atoms with Gasteiger partial charge in [0.05, 0.1) is 16.4 Å². The van der Waals surface area contributed by atoms with Crippen molar-refractivity contribution in [2.75, 3.05) is 13.7 Å². The summed E-state index contributed by atoms with van der Waals surface area (Å²) in [5.41, 5.74) is 0. The zero-order valence-electron chi connectivity index (χ0n) is 11.7. The number of hydrogen-bond acceptors (Lipinski definition) is 5. The zero-order valence-corrected chi connectivity index (χ0v) is 14.1. The third kappa shape index (κ3) is 5.55. The van der Waals surface area contributed by atoms with E-state index in [0.717, 1.165) is 12.5 Å². The van der Waals surface area contributed by atoms with E-state index >= 15 is 0 Å². The van der Waals surface area contributed by atoms with E-state index in [1.54, 1.807) is 0 Å². The number of benzene rings is 1. The molecule has 120 valence electrons. The minimum absolute atomic E-state index is 0.151. The Bertz CT molecular complexity index is 667. The topological polar surface area (TPSA) is 89.5 Å². The first-order valence-electron chi connectivity index (χ1n) is 6.26. The number of nitrogens with one attached hydrogen (secondary N) is 1. The van der Waals surface area contributed by atoms with Crippen molar-refractivity contribution < 1.29 is 21.6 Å². The van der Waals surface area contributed by atoms with Crippen molar-refractivity contribution in [3.8, 4) is 0 Å². The van der Waals surface area contributed by atoms with Crippen LogP contribution in [0.2, 0.25) is 0 Å². The molecule has 1 rings (SSSR count). The molecule has 0 aromatic heterocycles. The van der Waals surface area contributed by atoms with E-state index in [2.05, 4.69) is 4.72 Å². The van der Waals surface area contributed by atoms with E-state index in [1.165, 1.54) is 25.3 Å². The third-order valence-corrected chi connectivity index (χ3v) is 5.59. The van der Waals surface area contributed by atoms with Gasteiger partial charge >= 0.3 is 0 Å². The maximum atomic E-state index is 12.3. The van der Waals surface area contributed by atoms with E-state index < -0.39 is 19.1 Å². The second kappa shape index (κ2) is 7.55. The van der Waals surface area contributed by atoms with Gasteiger partial charge in [0.25, 0.3) is 9.05 Å². The summed E-state index contributed by atoms with van der Waals surface area (Å²) in [6.45, 7) is 2.16. The Morgan fingerprint density at radius 1 is 1.24 bits per heavy atom. The second-order valence-corrected chi connectivity index (χ2v) is 8.75. The lowest BCUT2D eigenvalue weighted by Gasteiger charge is -2.17. The number of hydrogen-bond donors (Lipinski definition) is 1. The summed E-state index contributed by atoms with van der Waals surface area (Å²) in [6, 6.07) is 4.53. The summed E-state index contributed by atoms with van der Waals surface area (Å²) in [4.78, 5) is -0.410. The van der Waals surface area contributed by atoms with Crippen molar-refractivity contribution in [1.29, 1.82) is 0 Å². The summed E-state index contributed by atoms with van der Waals surface area (Å²) in [6.07, 6.45) is 1.40. The van der Waals surface area contributed by atoms with Gasteiger partial charge in [-0.3, -0.25) is 0 Å². The average molecular weight is 356 g/mol. The second-order valence-electron chi connectivity index (χ2n) is 4.47. The molecular weight excluding hydrogens is 338 g/mol. The van der Waals surface area contributed by atoms with Gasteiger partial charge in [-0.2, -0.15) is 0 Å². The molecule has 0 bridgehead atoms. The van der Waals surface area contributed by atoms with Crippen LogP contribution in [-0.4, -0.2) is 36.6 Å². The smallest absolute Gasteiger partial charge is 0.261 e. The highest BCUT2D eigenvalue weighted by atomic mass is 35.7. The van der Waals surface area contributed by atoms with Gasteiger partial charge in [-0.25, -0.2) is 21.6 Å². The van der Waals surface area contributed by atoms with E-state index in [1.807, 2.05) is 6.92 Å². The molecule has 9 heteroatoms. The van der Waals surface area contributed by atoms with Crippen LogP contribution in [0.15, 0.2) is 34.1 Å². The van der Waals surface area contributed by atoms with Gasteiger partial charge < -0.3 is 4.74 Å². The molecule has 0 aliphatic rings. The molecule has 1 unspecified atom stereocenters. The van der Waals surface area contributed by atoms with Crippen molar-refractivity contribution in [2.45, 2.75) is 35.6 Å². The van der Waals surface area contributed by atoms with Gasteiger partial charge in [-0.05, 0) is 24.6 Å². The Morgan fingerprint density at radius 2 is 1.86 bits per heavy atom. The van der Waals surface area contributed by atoms with E-state index in [9.17, 15) is 16.8 Å². The van der Waals surface area contributed by atoms with Crippen LogP contribution < -0.4 is 4.72 Å². The van der Waals surface area contributed by atoms with Crippen LogP contribution in [0.4, 0.5) is 0 Å². The van der Waals surface area contributed by atoms with Crippen LogP contribution >= 0.6 is 10.7 Å². The van der Waals surface area contributed by atoms with Crippen molar-refractivity contribution in [2.24, 2.45) is 0 Å². The van der Waals surface area contributed by atoms with Gasteiger partial charge in [0, 0.05) is 23.8 Å². The predicted molar refractivity (Wildman–Crippen MR) is 80.4 cm³/mol. The number of rotatable bonds is 8. The fourth-order valence-corrected chi connectivity index (χ4v) is 3.98. The normalized spacial score (nSPS) is 14.0. The Kier molecular flexibility index (Phi) is 6.61. The molecule has 0 heterocycles. The van der Waals surface area contributed by atoms with Crippen molar-refractivity contribution in [3.05, 3.63) is 24.3 Å². The Hall–Kier alpha value is -0.670. The van der Waals surface area contributed by atoms with E-state index in [-0.39, 0.29) is 22.4 Å². The molecule has 0 amide bonds. The van der Waals surface area contributed by atoms with E-state index in [4.69, 9.17) is 15.4 Å². The Labute approximate surface area is 129 Å². The van der Waals surface area contributed by atoms with E-state index in [0.29, 0.717) is 6.42 Å². The molecule has 0 saturated heterocycles. The van der Waals surface area contributed by atoms with Crippen LogP contribution in [-0.2, 0) is 23.8 Å². The maximum Gasteiger partial charge on any atom is 0.261 e. The summed E-state index contributed by atoms with van der Waals surface area (Å²) in [5.74, 6) is 0. The molecule has 0 fully saturated rings. The predicted octanol–water partition coefficient (Wildman–Crippen LogP) is 1.71. The lowest BCUT2D eigenvalue weighted by molar-refractivity contribution is 0.171. The van der Waals surface area contributed by atoms with Gasteiger partial charge in [0.2, 0.25) is 10.0 Å². The van der Waals surface area contributed by atoms with Gasteiger partial charge in [0.15, 0.2) is 0 Å². The van der Waals surface area contributed by atoms with Crippen molar-refractivity contribution in [1.82, 2.24) is 4.72 Å². The quantitative estimate of drug-likeness (QED) is 0.717. The molecule has 0 aliphatic heterocycles. The molecule has 21 heavy (non-hydrogen) atoms.